The Labute approximate surface area is 130 Å². The molecule has 0 saturated carbocycles. The van der Waals surface area contributed by atoms with Crippen LogP contribution in [0, 0.1) is 0 Å². The third-order valence-corrected chi connectivity index (χ3v) is 4.09. The van der Waals surface area contributed by atoms with E-state index < -0.39 is 0 Å². The predicted molar refractivity (Wildman–Crippen MR) is 83.6 cm³/mol. The standard InChI is InChI=1S/C15H22ClN3O2/c1-18(14-7-6-12(16)10-17-14)11-15(21)19-8-2-4-13(19)5-3-9-20/h6-7,10,13,20H,2-5,8-9,11H2,1H3. The Bertz CT molecular complexity index is 466. The zero-order chi connectivity index (χ0) is 15.2. The highest BCUT2D eigenvalue weighted by Crippen LogP contribution is 2.22. The van der Waals surface area contributed by atoms with Crippen molar-refractivity contribution in [2.75, 3.05) is 31.6 Å². The number of aliphatic hydroxyl groups is 1. The molecule has 1 aromatic rings. The zero-order valence-electron chi connectivity index (χ0n) is 12.3. The highest BCUT2D eigenvalue weighted by molar-refractivity contribution is 6.30. The van der Waals surface area contributed by atoms with E-state index in [9.17, 15) is 4.79 Å². The van der Waals surface area contributed by atoms with E-state index in [1.54, 1.807) is 12.3 Å². The molecule has 1 aromatic heterocycles. The number of carbonyl (C=O) groups is 1. The topological polar surface area (TPSA) is 56.7 Å². The molecular formula is C15H22ClN3O2. The van der Waals surface area contributed by atoms with Crippen LogP contribution >= 0.6 is 11.6 Å². The second-order valence-electron chi connectivity index (χ2n) is 5.44. The van der Waals surface area contributed by atoms with E-state index in [-0.39, 0.29) is 18.6 Å². The molecule has 1 aliphatic rings. The molecule has 1 amide bonds. The fourth-order valence-electron chi connectivity index (χ4n) is 2.76. The number of anilines is 1. The lowest BCUT2D eigenvalue weighted by Crippen LogP contribution is -2.42. The number of likely N-dealkylation sites (tertiary alicyclic amines) is 1. The van der Waals surface area contributed by atoms with Crippen LogP contribution in [0.3, 0.4) is 0 Å². The van der Waals surface area contributed by atoms with Crippen molar-refractivity contribution >= 4 is 23.3 Å². The Morgan fingerprint density at radius 1 is 1.57 bits per heavy atom. The van der Waals surface area contributed by atoms with Gasteiger partial charge >= 0.3 is 0 Å². The van der Waals surface area contributed by atoms with E-state index in [1.807, 2.05) is 22.9 Å². The number of likely N-dealkylation sites (N-methyl/N-ethyl adjacent to an activating group) is 1. The van der Waals surface area contributed by atoms with Gasteiger partial charge in [-0.1, -0.05) is 11.6 Å². The van der Waals surface area contributed by atoms with Crippen LogP contribution in [-0.2, 0) is 4.79 Å². The van der Waals surface area contributed by atoms with E-state index in [1.165, 1.54) is 0 Å². The second kappa shape index (κ2) is 7.61. The molecule has 1 aliphatic heterocycles. The molecule has 5 nitrogen and oxygen atoms in total. The summed E-state index contributed by atoms with van der Waals surface area (Å²) in [4.78, 5) is 20.4. The number of amides is 1. The first-order valence-electron chi connectivity index (χ1n) is 7.35. The number of aliphatic hydroxyl groups excluding tert-OH is 1. The smallest absolute Gasteiger partial charge is 0.242 e. The summed E-state index contributed by atoms with van der Waals surface area (Å²) in [5.74, 6) is 0.855. The Balaban J connectivity index is 1.92. The molecule has 0 aromatic carbocycles. The third kappa shape index (κ3) is 4.32. The number of hydrogen-bond donors (Lipinski definition) is 1. The van der Waals surface area contributed by atoms with Crippen molar-refractivity contribution < 1.29 is 9.90 Å². The minimum absolute atomic E-state index is 0.120. The summed E-state index contributed by atoms with van der Waals surface area (Å²) in [5.41, 5.74) is 0. The van der Waals surface area contributed by atoms with Crippen LogP contribution in [0.15, 0.2) is 18.3 Å². The third-order valence-electron chi connectivity index (χ3n) is 3.87. The van der Waals surface area contributed by atoms with E-state index in [4.69, 9.17) is 16.7 Å². The minimum Gasteiger partial charge on any atom is -0.396 e. The monoisotopic (exact) mass is 311 g/mol. The van der Waals surface area contributed by atoms with Crippen molar-refractivity contribution in [2.45, 2.75) is 31.7 Å². The van der Waals surface area contributed by atoms with Crippen molar-refractivity contribution in [1.82, 2.24) is 9.88 Å². The maximum absolute atomic E-state index is 12.4. The van der Waals surface area contributed by atoms with Crippen LogP contribution in [0.25, 0.3) is 0 Å². The molecule has 2 heterocycles. The summed E-state index contributed by atoms with van der Waals surface area (Å²) in [7, 11) is 1.85. The van der Waals surface area contributed by atoms with Gasteiger partial charge in [-0.05, 0) is 37.8 Å². The van der Waals surface area contributed by atoms with E-state index in [2.05, 4.69) is 4.98 Å². The van der Waals surface area contributed by atoms with Gasteiger partial charge in [-0.25, -0.2) is 4.98 Å². The lowest BCUT2D eigenvalue weighted by molar-refractivity contribution is -0.130. The average Bonchev–Trinajstić information content (AvgIpc) is 2.94. The number of halogens is 1. The fourth-order valence-corrected chi connectivity index (χ4v) is 2.87. The fraction of sp³-hybridized carbons (Fsp3) is 0.600. The normalized spacial score (nSPS) is 18.0. The second-order valence-corrected chi connectivity index (χ2v) is 5.88. The van der Waals surface area contributed by atoms with Gasteiger partial charge in [0.05, 0.1) is 11.6 Å². The first-order valence-corrected chi connectivity index (χ1v) is 7.72. The maximum atomic E-state index is 12.4. The van der Waals surface area contributed by atoms with Gasteiger partial charge in [0.2, 0.25) is 5.91 Å². The zero-order valence-corrected chi connectivity index (χ0v) is 13.1. The van der Waals surface area contributed by atoms with Gasteiger partial charge < -0.3 is 14.9 Å². The Kier molecular flexibility index (Phi) is 5.82. The SMILES string of the molecule is CN(CC(=O)N1CCCC1CCCO)c1ccc(Cl)cn1. The summed E-state index contributed by atoms with van der Waals surface area (Å²) >= 11 is 5.82. The quantitative estimate of drug-likeness (QED) is 0.872. The number of rotatable bonds is 6. The van der Waals surface area contributed by atoms with E-state index >= 15 is 0 Å². The van der Waals surface area contributed by atoms with Crippen molar-refractivity contribution in [3.05, 3.63) is 23.4 Å². The predicted octanol–water partition coefficient (Wildman–Crippen LogP) is 1.93. The summed E-state index contributed by atoms with van der Waals surface area (Å²) in [6, 6.07) is 3.85. The van der Waals surface area contributed by atoms with Crippen molar-refractivity contribution in [1.29, 1.82) is 0 Å². The molecule has 116 valence electrons. The summed E-state index contributed by atoms with van der Waals surface area (Å²) in [6.45, 7) is 1.31. The minimum atomic E-state index is 0.120. The molecule has 1 unspecified atom stereocenters. The van der Waals surface area contributed by atoms with Gasteiger partial charge in [0.15, 0.2) is 0 Å². The molecule has 1 saturated heterocycles. The van der Waals surface area contributed by atoms with Gasteiger partial charge in [-0.3, -0.25) is 4.79 Å². The first kappa shape index (κ1) is 16.0. The van der Waals surface area contributed by atoms with E-state index in [0.29, 0.717) is 11.6 Å². The van der Waals surface area contributed by atoms with Gasteiger partial charge in [0.25, 0.3) is 0 Å². The lowest BCUT2D eigenvalue weighted by Gasteiger charge is -2.27. The number of hydrogen-bond acceptors (Lipinski definition) is 4. The molecule has 0 radical (unpaired) electrons. The summed E-state index contributed by atoms with van der Waals surface area (Å²) in [6.07, 6.45) is 5.30. The molecule has 21 heavy (non-hydrogen) atoms. The Morgan fingerprint density at radius 3 is 3.05 bits per heavy atom. The largest absolute Gasteiger partial charge is 0.396 e. The van der Waals surface area contributed by atoms with Gasteiger partial charge in [0, 0.05) is 32.4 Å². The maximum Gasteiger partial charge on any atom is 0.242 e. The van der Waals surface area contributed by atoms with Crippen LogP contribution in [0.2, 0.25) is 5.02 Å². The van der Waals surface area contributed by atoms with E-state index in [0.717, 1.165) is 38.0 Å². The molecule has 0 bridgehead atoms. The molecule has 6 heteroatoms. The number of pyridine rings is 1. The van der Waals surface area contributed by atoms with Crippen LogP contribution in [0.5, 0.6) is 0 Å². The van der Waals surface area contributed by atoms with Crippen LogP contribution < -0.4 is 4.90 Å². The van der Waals surface area contributed by atoms with Crippen molar-refractivity contribution in [2.24, 2.45) is 0 Å². The van der Waals surface area contributed by atoms with Crippen LogP contribution in [0.4, 0.5) is 5.82 Å². The van der Waals surface area contributed by atoms with Gasteiger partial charge in [-0.2, -0.15) is 0 Å². The summed E-state index contributed by atoms with van der Waals surface area (Å²) < 4.78 is 0. The van der Waals surface area contributed by atoms with Gasteiger partial charge in [-0.15, -0.1) is 0 Å². The molecule has 2 rings (SSSR count). The number of aromatic nitrogens is 1. The Morgan fingerprint density at radius 2 is 2.38 bits per heavy atom. The number of nitrogens with zero attached hydrogens (tertiary/aromatic N) is 3. The van der Waals surface area contributed by atoms with Crippen molar-refractivity contribution in [3.63, 3.8) is 0 Å². The highest BCUT2D eigenvalue weighted by atomic mass is 35.5. The number of carbonyl (C=O) groups excluding carboxylic acids is 1. The highest BCUT2D eigenvalue weighted by Gasteiger charge is 2.28. The molecular weight excluding hydrogens is 290 g/mol. The van der Waals surface area contributed by atoms with Crippen LogP contribution in [-0.4, -0.2) is 53.7 Å². The average molecular weight is 312 g/mol. The molecule has 1 atom stereocenters. The lowest BCUT2D eigenvalue weighted by atomic mass is 10.1. The first-order chi connectivity index (χ1) is 10.1. The molecule has 1 N–H and O–H groups in total. The van der Waals surface area contributed by atoms with Crippen LogP contribution in [0.1, 0.15) is 25.7 Å². The Hall–Kier alpha value is -1.33. The molecule has 0 aliphatic carbocycles. The van der Waals surface area contributed by atoms with Gasteiger partial charge in [0.1, 0.15) is 5.82 Å². The molecule has 0 spiro atoms. The summed E-state index contributed by atoms with van der Waals surface area (Å²) in [5, 5.41) is 9.52. The molecule has 1 fully saturated rings. The van der Waals surface area contributed by atoms with Crippen molar-refractivity contribution in [3.8, 4) is 0 Å².